The standard InChI is InChI=1S/C15H27N3O2/c1-11(2)9-19-14-12(16)7-8-13(17-14)20-10-15(3,4)18(5)6/h7-8,11H,9-10,16H2,1-6H3. The Balaban J connectivity index is 2.70. The number of likely N-dealkylation sites (N-methyl/N-ethyl adjacent to an activating group) is 1. The molecule has 2 N–H and O–H groups in total. The summed E-state index contributed by atoms with van der Waals surface area (Å²) in [4.78, 5) is 6.43. The highest BCUT2D eigenvalue weighted by Crippen LogP contribution is 2.23. The molecule has 0 atom stereocenters. The van der Waals surface area contributed by atoms with Gasteiger partial charge in [-0.25, -0.2) is 0 Å². The Hall–Kier alpha value is -1.49. The molecule has 5 heteroatoms. The second-order valence-electron chi connectivity index (χ2n) is 6.24. The van der Waals surface area contributed by atoms with Gasteiger partial charge >= 0.3 is 0 Å². The van der Waals surface area contributed by atoms with Gasteiger partial charge in [0, 0.05) is 11.6 Å². The molecule has 1 heterocycles. The van der Waals surface area contributed by atoms with Gasteiger partial charge in [0.05, 0.1) is 12.3 Å². The van der Waals surface area contributed by atoms with E-state index in [1.165, 1.54) is 0 Å². The second-order valence-corrected chi connectivity index (χ2v) is 6.24. The van der Waals surface area contributed by atoms with Crippen LogP contribution >= 0.6 is 0 Å². The number of ether oxygens (including phenoxy) is 2. The summed E-state index contributed by atoms with van der Waals surface area (Å²) in [6.07, 6.45) is 0. The zero-order valence-electron chi connectivity index (χ0n) is 13.4. The molecule has 1 aromatic rings. The van der Waals surface area contributed by atoms with Crippen molar-refractivity contribution in [2.45, 2.75) is 33.2 Å². The van der Waals surface area contributed by atoms with E-state index in [1.54, 1.807) is 12.1 Å². The van der Waals surface area contributed by atoms with E-state index in [0.717, 1.165) is 0 Å². The number of hydrogen-bond acceptors (Lipinski definition) is 5. The summed E-state index contributed by atoms with van der Waals surface area (Å²) in [5.41, 5.74) is 6.32. The number of hydrogen-bond donors (Lipinski definition) is 1. The van der Waals surface area contributed by atoms with E-state index >= 15 is 0 Å². The van der Waals surface area contributed by atoms with Crippen LogP contribution in [0.1, 0.15) is 27.7 Å². The minimum absolute atomic E-state index is 0.0674. The number of nitrogens with zero attached hydrogens (tertiary/aromatic N) is 2. The van der Waals surface area contributed by atoms with Crippen molar-refractivity contribution in [3.63, 3.8) is 0 Å². The molecule has 1 rings (SSSR count). The molecule has 20 heavy (non-hydrogen) atoms. The normalized spacial score (nSPS) is 12.0. The van der Waals surface area contributed by atoms with Crippen LogP contribution in [-0.2, 0) is 0 Å². The SMILES string of the molecule is CC(C)COc1nc(OCC(C)(C)N(C)C)ccc1N. The largest absolute Gasteiger partial charge is 0.476 e. The molecule has 0 saturated carbocycles. The summed E-state index contributed by atoms with van der Waals surface area (Å²) in [5, 5.41) is 0. The second kappa shape index (κ2) is 6.79. The van der Waals surface area contributed by atoms with Crippen LogP contribution in [-0.4, -0.2) is 42.7 Å². The molecule has 0 unspecified atom stereocenters. The predicted octanol–water partition coefficient (Wildman–Crippen LogP) is 2.42. The van der Waals surface area contributed by atoms with Crippen molar-refractivity contribution in [2.75, 3.05) is 33.0 Å². The van der Waals surface area contributed by atoms with Crippen molar-refractivity contribution in [2.24, 2.45) is 5.92 Å². The summed E-state index contributed by atoms with van der Waals surface area (Å²) in [6, 6.07) is 3.53. The number of pyridine rings is 1. The summed E-state index contributed by atoms with van der Waals surface area (Å²) < 4.78 is 11.3. The van der Waals surface area contributed by atoms with E-state index in [-0.39, 0.29) is 5.54 Å². The molecule has 0 saturated heterocycles. The molecular formula is C15H27N3O2. The number of anilines is 1. The lowest BCUT2D eigenvalue weighted by Crippen LogP contribution is -2.43. The summed E-state index contributed by atoms with van der Waals surface area (Å²) >= 11 is 0. The fourth-order valence-corrected chi connectivity index (χ4v) is 1.26. The van der Waals surface area contributed by atoms with Crippen molar-refractivity contribution >= 4 is 5.69 Å². The fraction of sp³-hybridized carbons (Fsp3) is 0.667. The first-order chi connectivity index (χ1) is 9.22. The van der Waals surface area contributed by atoms with Crippen molar-refractivity contribution in [3.05, 3.63) is 12.1 Å². The van der Waals surface area contributed by atoms with E-state index < -0.39 is 0 Å². The highest BCUT2D eigenvalue weighted by Gasteiger charge is 2.21. The summed E-state index contributed by atoms with van der Waals surface area (Å²) in [5.74, 6) is 1.40. The third-order valence-electron chi connectivity index (χ3n) is 3.20. The van der Waals surface area contributed by atoms with Crippen molar-refractivity contribution in [1.29, 1.82) is 0 Å². The molecule has 0 bridgehead atoms. The van der Waals surface area contributed by atoms with Gasteiger partial charge in [0.1, 0.15) is 6.61 Å². The molecule has 1 aromatic heterocycles. The van der Waals surface area contributed by atoms with Gasteiger partial charge in [-0.1, -0.05) is 13.8 Å². The maximum Gasteiger partial charge on any atom is 0.240 e. The van der Waals surface area contributed by atoms with Gasteiger partial charge in [-0.2, -0.15) is 4.98 Å². The molecule has 114 valence electrons. The first-order valence-electron chi connectivity index (χ1n) is 6.92. The molecule has 0 aliphatic heterocycles. The van der Waals surface area contributed by atoms with Crippen LogP contribution in [0, 0.1) is 5.92 Å². The van der Waals surface area contributed by atoms with Crippen LogP contribution in [0.5, 0.6) is 11.8 Å². The highest BCUT2D eigenvalue weighted by molar-refractivity contribution is 5.49. The van der Waals surface area contributed by atoms with Crippen molar-refractivity contribution < 1.29 is 9.47 Å². The summed E-state index contributed by atoms with van der Waals surface area (Å²) in [6.45, 7) is 9.51. The van der Waals surface area contributed by atoms with Crippen LogP contribution in [0.4, 0.5) is 5.69 Å². The van der Waals surface area contributed by atoms with Crippen LogP contribution < -0.4 is 15.2 Å². The lowest BCUT2D eigenvalue weighted by atomic mass is 10.1. The Labute approximate surface area is 122 Å². The number of nitrogens with two attached hydrogens (primary N) is 1. The number of nitrogen functional groups attached to an aromatic ring is 1. The third kappa shape index (κ3) is 4.89. The smallest absolute Gasteiger partial charge is 0.240 e. The Kier molecular flexibility index (Phi) is 5.62. The molecule has 0 amide bonds. The molecular weight excluding hydrogens is 254 g/mol. The van der Waals surface area contributed by atoms with Crippen molar-refractivity contribution in [1.82, 2.24) is 9.88 Å². The maximum atomic E-state index is 5.85. The Bertz CT molecular complexity index is 431. The lowest BCUT2D eigenvalue weighted by Gasteiger charge is -2.31. The fourth-order valence-electron chi connectivity index (χ4n) is 1.26. The van der Waals surface area contributed by atoms with Crippen LogP contribution in [0.3, 0.4) is 0 Å². The molecule has 0 radical (unpaired) electrons. The van der Waals surface area contributed by atoms with Gasteiger partial charge in [0.15, 0.2) is 0 Å². The lowest BCUT2D eigenvalue weighted by molar-refractivity contribution is 0.110. The van der Waals surface area contributed by atoms with Gasteiger partial charge in [-0.05, 0) is 39.9 Å². The molecule has 0 fully saturated rings. The van der Waals surface area contributed by atoms with Gasteiger partial charge in [-0.3, -0.25) is 0 Å². The van der Waals surface area contributed by atoms with Gasteiger partial charge in [0.2, 0.25) is 11.8 Å². The van der Waals surface area contributed by atoms with Gasteiger partial charge in [0.25, 0.3) is 0 Å². The van der Waals surface area contributed by atoms with E-state index in [4.69, 9.17) is 15.2 Å². The predicted molar refractivity (Wildman–Crippen MR) is 82.2 cm³/mol. The van der Waals surface area contributed by atoms with Crippen LogP contribution in [0.15, 0.2) is 12.1 Å². The van der Waals surface area contributed by atoms with E-state index in [2.05, 4.69) is 37.6 Å². The molecule has 0 aromatic carbocycles. The first kappa shape index (κ1) is 16.6. The average Bonchev–Trinajstić information content (AvgIpc) is 2.36. The average molecular weight is 281 g/mol. The number of aromatic nitrogens is 1. The van der Waals surface area contributed by atoms with E-state index in [0.29, 0.717) is 36.6 Å². The van der Waals surface area contributed by atoms with Gasteiger partial charge in [-0.15, -0.1) is 0 Å². The third-order valence-corrected chi connectivity index (χ3v) is 3.20. The maximum absolute atomic E-state index is 5.85. The Morgan fingerprint density at radius 2 is 1.90 bits per heavy atom. The van der Waals surface area contributed by atoms with Crippen molar-refractivity contribution in [3.8, 4) is 11.8 Å². The molecule has 5 nitrogen and oxygen atoms in total. The molecule has 0 aliphatic carbocycles. The Morgan fingerprint density at radius 3 is 2.45 bits per heavy atom. The van der Waals surface area contributed by atoms with Gasteiger partial charge < -0.3 is 20.1 Å². The zero-order chi connectivity index (χ0) is 15.3. The summed E-state index contributed by atoms with van der Waals surface area (Å²) in [7, 11) is 4.05. The molecule has 0 spiro atoms. The van der Waals surface area contributed by atoms with E-state index in [1.807, 2.05) is 14.1 Å². The molecule has 0 aliphatic rings. The van der Waals surface area contributed by atoms with Crippen LogP contribution in [0.25, 0.3) is 0 Å². The monoisotopic (exact) mass is 281 g/mol. The first-order valence-corrected chi connectivity index (χ1v) is 6.92. The minimum atomic E-state index is -0.0674. The van der Waals surface area contributed by atoms with E-state index in [9.17, 15) is 0 Å². The Morgan fingerprint density at radius 1 is 1.25 bits per heavy atom. The zero-order valence-corrected chi connectivity index (χ0v) is 13.4. The van der Waals surface area contributed by atoms with Crippen LogP contribution in [0.2, 0.25) is 0 Å². The minimum Gasteiger partial charge on any atom is -0.476 e. The topological polar surface area (TPSA) is 60.6 Å². The quantitative estimate of drug-likeness (QED) is 0.831. The number of rotatable bonds is 7. The highest BCUT2D eigenvalue weighted by atomic mass is 16.5.